The molecule has 2 amide bonds. The highest BCUT2D eigenvalue weighted by atomic mass is 35.5. The zero-order valence-corrected chi connectivity index (χ0v) is 33.3. The van der Waals surface area contributed by atoms with Crippen molar-refractivity contribution in [1.29, 1.82) is 0 Å². The largest absolute Gasteiger partial charge is 0.492 e. The van der Waals surface area contributed by atoms with Gasteiger partial charge < -0.3 is 29.1 Å². The summed E-state index contributed by atoms with van der Waals surface area (Å²) in [6, 6.07) is 20.2. The highest BCUT2D eigenvalue weighted by molar-refractivity contribution is 7.16. The average Bonchev–Trinajstić information content (AvgIpc) is 3.71. The monoisotopic (exact) mass is 780 g/mol. The molecule has 0 radical (unpaired) electrons. The molecule has 0 aliphatic carbocycles. The van der Waals surface area contributed by atoms with Crippen LogP contribution < -0.4 is 9.47 Å². The van der Waals surface area contributed by atoms with Crippen LogP contribution in [-0.4, -0.2) is 99.0 Å². The Labute approximate surface area is 325 Å². The molecule has 0 N–H and O–H groups in total. The predicted molar refractivity (Wildman–Crippen MR) is 215 cm³/mol. The van der Waals surface area contributed by atoms with Gasteiger partial charge in [-0.1, -0.05) is 72.8 Å². The molecule has 0 saturated carbocycles. The van der Waals surface area contributed by atoms with Crippen molar-refractivity contribution in [2.45, 2.75) is 24.9 Å². The molecule has 6 rings (SSSR count). The fraction of sp³-hybridized carbons (Fsp3) is 0.350. The third kappa shape index (κ3) is 9.86. The van der Waals surface area contributed by atoms with Crippen molar-refractivity contribution in [3.05, 3.63) is 127 Å². The van der Waals surface area contributed by atoms with Crippen LogP contribution in [0.15, 0.2) is 86.0 Å². The molecule has 4 heterocycles. The van der Waals surface area contributed by atoms with E-state index in [-0.39, 0.29) is 23.7 Å². The molecule has 4 aromatic rings. The fourth-order valence-corrected chi connectivity index (χ4v) is 9.08. The lowest BCUT2D eigenvalue weighted by molar-refractivity contribution is -0.127. The molecular formula is C40H46Cl2N4O4S2. The Bertz CT molecular complexity index is 1740. The summed E-state index contributed by atoms with van der Waals surface area (Å²) in [6.45, 7) is 12.5. The third-order valence-corrected chi connectivity index (χ3v) is 11.5. The van der Waals surface area contributed by atoms with E-state index >= 15 is 0 Å². The quantitative estimate of drug-likeness (QED) is 0.136. The molecule has 0 bridgehead atoms. The van der Waals surface area contributed by atoms with E-state index in [4.69, 9.17) is 32.7 Å². The molecule has 276 valence electrons. The molecule has 0 unspecified atom stereocenters. The van der Waals surface area contributed by atoms with E-state index in [1.54, 1.807) is 0 Å². The highest BCUT2D eigenvalue weighted by Gasteiger charge is 2.33. The number of benzene rings is 2. The van der Waals surface area contributed by atoms with Crippen molar-refractivity contribution in [2.24, 2.45) is 0 Å². The van der Waals surface area contributed by atoms with Gasteiger partial charge in [-0.2, -0.15) is 0 Å². The van der Waals surface area contributed by atoms with E-state index in [9.17, 15) is 9.59 Å². The lowest BCUT2D eigenvalue weighted by Crippen LogP contribution is -2.37. The smallest absolute Gasteiger partial charge is 0.246 e. The normalized spacial score (nSPS) is 16.5. The number of hydrogen-bond acceptors (Lipinski definition) is 8. The summed E-state index contributed by atoms with van der Waals surface area (Å²) in [5.41, 5.74) is 4.56. The van der Waals surface area contributed by atoms with Crippen LogP contribution in [0.3, 0.4) is 0 Å². The van der Waals surface area contributed by atoms with Gasteiger partial charge in [0.1, 0.15) is 24.7 Å². The summed E-state index contributed by atoms with van der Waals surface area (Å²) in [5.74, 6) is 1.69. The molecule has 2 aromatic carbocycles. The van der Waals surface area contributed by atoms with Crippen LogP contribution in [0.2, 0.25) is 8.67 Å². The van der Waals surface area contributed by atoms with Gasteiger partial charge in [-0.05, 0) is 75.7 Å². The number of fused-ring (bicyclic) bond motifs is 2. The van der Waals surface area contributed by atoms with Crippen LogP contribution in [0.5, 0.6) is 11.5 Å². The first-order valence-corrected chi connectivity index (χ1v) is 19.5. The lowest BCUT2D eigenvalue weighted by atomic mass is 9.88. The third-order valence-electron chi connectivity index (χ3n) is 9.00. The molecule has 0 fully saturated rings. The number of ether oxygens (including phenoxy) is 2. The Morgan fingerprint density at radius 2 is 1.10 bits per heavy atom. The van der Waals surface area contributed by atoms with Gasteiger partial charge in [0, 0.05) is 58.9 Å². The van der Waals surface area contributed by atoms with Gasteiger partial charge in [-0.3, -0.25) is 9.59 Å². The van der Waals surface area contributed by atoms with E-state index < -0.39 is 0 Å². The van der Waals surface area contributed by atoms with E-state index in [1.807, 2.05) is 86.5 Å². The summed E-state index contributed by atoms with van der Waals surface area (Å²) in [7, 11) is 8.09. The summed E-state index contributed by atoms with van der Waals surface area (Å²) < 4.78 is 13.6. The van der Waals surface area contributed by atoms with E-state index in [2.05, 4.69) is 35.1 Å². The van der Waals surface area contributed by atoms with E-state index in [0.717, 1.165) is 54.1 Å². The van der Waals surface area contributed by atoms with Crippen molar-refractivity contribution >= 4 is 57.7 Å². The van der Waals surface area contributed by atoms with Gasteiger partial charge in [0.25, 0.3) is 0 Å². The second-order valence-corrected chi connectivity index (χ2v) is 16.7. The number of para-hydroxylation sites is 2. The number of thiophene rings is 2. The number of carbonyl (C=O) groups is 2. The summed E-state index contributed by atoms with van der Waals surface area (Å²) in [6.07, 6.45) is 2.74. The van der Waals surface area contributed by atoms with Crippen LogP contribution in [0, 0.1) is 0 Å². The fourth-order valence-electron chi connectivity index (χ4n) is 6.37. The minimum Gasteiger partial charge on any atom is -0.492 e. The van der Waals surface area contributed by atoms with Crippen LogP contribution in [0.25, 0.3) is 0 Å². The van der Waals surface area contributed by atoms with Crippen LogP contribution in [0.1, 0.15) is 43.8 Å². The molecule has 12 heteroatoms. The standard InChI is InChI=1S/2C20H23ClN2O2S/c2*1-4-20(24)23-12-16(15-11-19(21)26-18(15)13-23)14-7-5-6-8-17(14)25-10-9-22(2)3/h2*4-8,11,16H,1,9-10,12-13H2,2-3H3/t2*16-/m10/s1. The molecule has 2 aromatic heterocycles. The van der Waals surface area contributed by atoms with Gasteiger partial charge in [0.15, 0.2) is 0 Å². The van der Waals surface area contributed by atoms with Crippen molar-refractivity contribution < 1.29 is 19.1 Å². The Kier molecular flexibility index (Phi) is 14.0. The zero-order chi connectivity index (χ0) is 37.4. The van der Waals surface area contributed by atoms with Crippen molar-refractivity contribution in [1.82, 2.24) is 19.6 Å². The topological polar surface area (TPSA) is 65.6 Å². The van der Waals surface area contributed by atoms with Crippen molar-refractivity contribution in [3.8, 4) is 11.5 Å². The van der Waals surface area contributed by atoms with Crippen LogP contribution in [-0.2, 0) is 22.7 Å². The number of rotatable bonds is 12. The SMILES string of the molecule is C=CC(=O)N1Cc2sc(Cl)cc2[C@@H](c2ccccc2OCCN(C)C)C1.C=CC(=O)N1Cc2sc(Cl)cc2[C@H](c2ccccc2OCCN(C)C)C1. The average molecular weight is 782 g/mol. The predicted octanol–water partition coefficient (Wildman–Crippen LogP) is 8.00. The molecule has 2 aliphatic rings. The maximum absolute atomic E-state index is 12.2. The maximum atomic E-state index is 12.2. The lowest BCUT2D eigenvalue weighted by Gasteiger charge is -2.33. The minimum atomic E-state index is -0.0591. The van der Waals surface area contributed by atoms with Gasteiger partial charge in [-0.25, -0.2) is 0 Å². The Morgan fingerprint density at radius 1 is 0.712 bits per heavy atom. The van der Waals surface area contributed by atoms with Crippen LogP contribution in [0.4, 0.5) is 0 Å². The number of halogens is 2. The van der Waals surface area contributed by atoms with E-state index in [0.29, 0.717) is 39.4 Å². The number of nitrogens with zero attached hydrogens (tertiary/aromatic N) is 4. The number of hydrogen-bond donors (Lipinski definition) is 0. The highest BCUT2D eigenvalue weighted by Crippen LogP contribution is 2.44. The van der Waals surface area contributed by atoms with Gasteiger partial charge in [0.05, 0.1) is 21.8 Å². The first-order valence-electron chi connectivity index (χ1n) is 17.1. The molecule has 0 spiro atoms. The Hall–Kier alpha value is -3.64. The van der Waals surface area contributed by atoms with Crippen molar-refractivity contribution in [2.75, 3.05) is 67.6 Å². The molecule has 52 heavy (non-hydrogen) atoms. The Balaban J connectivity index is 0.000000201. The zero-order valence-electron chi connectivity index (χ0n) is 30.1. The van der Waals surface area contributed by atoms with Crippen LogP contribution >= 0.6 is 45.9 Å². The van der Waals surface area contributed by atoms with Gasteiger partial charge in [0.2, 0.25) is 11.8 Å². The number of likely N-dealkylation sites (N-methyl/N-ethyl adjacent to an activating group) is 2. The second-order valence-electron chi connectivity index (χ2n) is 13.2. The maximum Gasteiger partial charge on any atom is 0.246 e. The summed E-state index contributed by atoms with van der Waals surface area (Å²) >= 11 is 15.6. The van der Waals surface area contributed by atoms with Gasteiger partial charge >= 0.3 is 0 Å². The number of carbonyl (C=O) groups excluding carboxylic acids is 2. The summed E-state index contributed by atoms with van der Waals surface area (Å²) in [4.78, 5) is 34.5. The summed E-state index contributed by atoms with van der Waals surface area (Å²) in [5, 5.41) is 0. The second kappa shape index (κ2) is 18.4. The first-order chi connectivity index (χ1) is 25.0. The molecule has 2 atom stereocenters. The van der Waals surface area contributed by atoms with Crippen molar-refractivity contribution in [3.63, 3.8) is 0 Å². The molecule has 8 nitrogen and oxygen atoms in total. The first kappa shape index (κ1) is 39.6. The Morgan fingerprint density at radius 3 is 1.46 bits per heavy atom. The molecular weight excluding hydrogens is 736 g/mol. The number of amides is 2. The molecule has 0 saturated heterocycles. The van der Waals surface area contributed by atoms with Gasteiger partial charge in [-0.15, -0.1) is 22.7 Å². The minimum absolute atomic E-state index is 0.0435. The molecule has 2 aliphatic heterocycles. The van der Waals surface area contributed by atoms with E-state index in [1.165, 1.54) is 46.0 Å².